The lowest BCUT2D eigenvalue weighted by Gasteiger charge is -2.29. The van der Waals surface area contributed by atoms with E-state index in [9.17, 15) is 0 Å². The third kappa shape index (κ3) is 5.52. The fourth-order valence-electron chi connectivity index (χ4n) is 3.49. The molecule has 0 heterocycles. The van der Waals surface area contributed by atoms with Crippen LogP contribution in [0.2, 0.25) is 0 Å². The van der Waals surface area contributed by atoms with Crippen LogP contribution in [0.3, 0.4) is 0 Å². The smallest absolute Gasteiger partial charge is 0.0298 e. The normalized spacial score (nSPS) is 27.4. The largest absolute Gasteiger partial charge is 0.382 e. The van der Waals surface area contributed by atoms with Crippen molar-refractivity contribution in [1.29, 1.82) is 0 Å². The minimum atomic E-state index is 0.598. The van der Waals surface area contributed by atoms with Crippen molar-refractivity contribution in [1.82, 2.24) is 5.32 Å². The van der Waals surface area contributed by atoms with Gasteiger partial charge in [0.05, 0.1) is 0 Å². The van der Waals surface area contributed by atoms with Crippen LogP contribution in [-0.2, 0) is 0 Å². The summed E-state index contributed by atoms with van der Waals surface area (Å²) in [7, 11) is 0. The fourth-order valence-corrected chi connectivity index (χ4v) is 3.49. The van der Waals surface area contributed by atoms with Crippen molar-refractivity contribution < 1.29 is 0 Å². The summed E-state index contributed by atoms with van der Waals surface area (Å²) >= 11 is 0. The molecule has 122 valence electrons. The fraction of sp³-hybridized carbons (Fsp3) is 0.800. The van der Waals surface area contributed by atoms with Crippen LogP contribution in [0.5, 0.6) is 0 Å². The Kier molecular flexibility index (Phi) is 7.56. The Hall–Kier alpha value is -0.720. The molecule has 1 nitrogen and oxygen atoms in total. The first-order valence-corrected chi connectivity index (χ1v) is 9.08. The molecule has 1 N–H and O–H groups in total. The first-order valence-electron chi connectivity index (χ1n) is 9.08. The van der Waals surface area contributed by atoms with Crippen molar-refractivity contribution in [2.24, 2.45) is 17.3 Å². The monoisotopic (exact) mass is 291 g/mol. The molecule has 0 aromatic carbocycles. The number of hydrogen-bond donors (Lipinski definition) is 1. The summed E-state index contributed by atoms with van der Waals surface area (Å²) in [4.78, 5) is 0. The molecule has 1 saturated carbocycles. The first kappa shape index (κ1) is 18.3. The van der Waals surface area contributed by atoms with Crippen molar-refractivity contribution in [2.75, 3.05) is 0 Å². The highest BCUT2D eigenvalue weighted by Gasteiger charge is 2.51. The van der Waals surface area contributed by atoms with E-state index in [0.717, 1.165) is 12.3 Å². The third-order valence-corrected chi connectivity index (χ3v) is 5.18. The van der Waals surface area contributed by atoms with Gasteiger partial charge >= 0.3 is 0 Å². The van der Waals surface area contributed by atoms with E-state index in [1.807, 2.05) is 0 Å². The zero-order chi connectivity index (χ0) is 15.9. The van der Waals surface area contributed by atoms with Crippen LogP contribution in [-0.4, -0.2) is 6.04 Å². The minimum absolute atomic E-state index is 0.598. The van der Waals surface area contributed by atoms with Gasteiger partial charge in [-0.1, -0.05) is 59.6 Å². The average Bonchev–Trinajstić information content (AvgIpc) is 3.06. The highest BCUT2D eigenvalue weighted by molar-refractivity contribution is 5.17. The Morgan fingerprint density at radius 1 is 1.33 bits per heavy atom. The summed E-state index contributed by atoms with van der Waals surface area (Å²) in [6, 6.07) is 0.598. The van der Waals surface area contributed by atoms with Crippen molar-refractivity contribution in [3.63, 3.8) is 0 Å². The highest BCUT2D eigenvalue weighted by Crippen LogP contribution is 2.59. The van der Waals surface area contributed by atoms with Gasteiger partial charge in [0.2, 0.25) is 0 Å². The van der Waals surface area contributed by atoms with E-state index in [2.05, 4.69) is 65.1 Å². The van der Waals surface area contributed by atoms with Crippen molar-refractivity contribution in [2.45, 2.75) is 86.1 Å². The standard InChI is InChI=1S/C20H37N/c1-7-10-13-20(14-17(20)6)15-19(16(4)5)21-18(11-8-2)12-9-3/h8,11-12,16-17,19,21H,7,9-10,13-15H2,1-6H3/b11-8-,18-12+. The van der Waals surface area contributed by atoms with E-state index in [0.29, 0.717) is 17.4 Å². The molecule has 3 atom stereocenters. The number of hydrogen-bond acceptors (Lipinski definition) is 1. The molecule has 0 aliphatic heterocycles. The third-order valence-electron chi connectivity index (χ3n) is 5.18. The van der Waals surface area contributed by atoms with Gasteiger partial charge in [-0.05, 0) is 55.9 Å². The Morgan fingerprint density at radius 2 is 2.00 bits per heavy atom. The number of unbranched alkanes of at least 4 members (excludes halogenated alkanes) is 1. The number of allylic oxidation sites excluding steroid dienone is 3. The molecule has 1 heteroatoms. The van der Waals surface area contributed by atoms with E-state index >= 15 is 0 Å². The summed E-state index contributed by atoms with van der Waals surface area (Å²) in [5, 5.41) is 3.82. The van der Waals surface area contributed by atoms with Crippen LogP contribution in [0.15, 0.2) is 23.9 Å². The van der Waals surface area contributed by atoms with Gasteiger partial charge in [-0.3, -0.25) is 0 Å². The van der Waals surface area contributed by atoms with Gasteiger partial charge in [0, 0.05) is 11.7 Å². The molecule has 0 bridgehead atoms. The molecule has 1 aliphatic carbocycles. The van der Waals surface area contributed by atoms with Gasteiger partial charge in [-0.25, -0.2) is 0 Å². The quantitative estimate of drug-likeness (QED) is 0.481. The molecule has 0 amide bonds. The maximum Gasteiger partial charge on any atom is 0.0298 e. The maximum absolute atomic E-state index is 3.82. The second-order valence-electron chi connectivity index (χ2n) is 7.34. The molecular formula is C20H37N. The van der Waals surface area contributed by atoms with Gasteiger partial charge in [-0.2, -0.15) is 0 Å². The molecular weight excluding hydrogens is 254 g/mol. The lowest BCUT2D eigenvalue weighted by molar-refractivity contribution is 0.287. The summed E-state index contributed by atoms with van der Waals surface area (Å²) in [6.45, 7) is 13.8. The van der Waals surface area contributed by atoms with Crippen LogP contribution in [0, 0.1) is 17.3 Å². The minimum Gasteiger partial charge on any atom is -0.382 e. The summed E-state index contributed by atoms with van der Waals surface area (Å²) in [5.74, 6) is 1.61. The highest BCUT2D eigenvalue weighted by atomic mass is 14.9. The van der Waals surface area contributed by atoms with E-state index in [1.54, 1.807) is 0 Å². The zero-order valence-electron chi connectivity index (χ0n) is 15.2. The predicted molar refractivity (Wildman–Crippen MR) is 95.3 cm³/mol. The molecule has 0 spiro atoms. The van der Waals surface area contributed by atoms with E-state index in [4.69, 9.17) is 0 Å². The SMILES string of the molecule is C/C=C\C(=C/CC)NC(CC1(CCCC)CC1C)C(C)C. The van der Waals surface area contributed by atoms with Crippen LogP contribution in [0.25, 0.3) is 0 Å². The molecule has 0 aromatic heterocycles. The van der Waals surface area contributed by atoms with E-state index in [1.165, 1.54) is 37.8 Å². The Morgan fingerprint density at radius 3 is 2.43 bits per heavy atom. The predicted octanol–water partition coefficient (Wildman–Crippen LogP) is 6.08. The molecule has 0 aromatic rings. The van der Waals surface area contributed by atoms with Gasteiger partial charge in [0.25, 0.3) is 0 Å². The van der Waals surface area contributed by atoms with Gasteiger partial charge in [0.15, 0.2) is 0 Å². The van der Waals surface area contributed by atoms with Crippen LogP contribution >= 0.6 is 0 Å². The zero-order valence-corrected chi connectivity index (χ0v) is 15.2. The Balaban J connectivity index is 2.71. The molecule has 0 radical (unpaired) electrons. The lowest BCUT2D eigenvalue weighted by atomic mass is 9.85. The van der Waals surface area contributed by atoms with Crippen molar-refractivity contribution >= 4 is 0 Å². The lowest BCUT2D eigenvalue weighted by Crippen LogP contribution is -2.35. The molecule has 1 fully saturated rings. The van der Waals surface area contributed by atoms with Crippen LogP contribution < -0.4 is 5.32 Å². The molecule has 1 aliphatic rings. The van der Waals surface area contributed by atoms with Gasteiger partial charge < -0.3 is 5.32 Å². The summed E-state index contributed by atoms with van der Waals surface area (Å²) in [5.41, 5.74) is 1.93. The average molecular weight is 292 g/mol. The Labute approximate surface area is 133 Å². The van der Waals surface area contributed by atoms with Crippen molar-refractivity contribution in [3.05, 3.63) is 23.9 Å². The van der Waals surface area contributed by atoms with E-state index < -0.39 is 0 Å². The second-order valence-corrected chi connectivity index (χ2v) is 7.34. The summed E-state index contributed by atoms with van der Waals surface area (Å²) in [6.07, 6.45) is 14.7. The topological polar surface area (TPSA) is 12.0 Å². The molecule has 0 saturated heterocycles. The first-order chi connectivity index (χ1) is 9.99. The number of rotatable bonds is 10. The van der Waals surface area contributed by atoms with Crippen LogP contribution in [0.4, 0.5) is 0 Å². The van der Waals surface area contributed by atoms with Gasteiger partial charge in [0.1, 0.15) is 0 Å². The second kappa shape index (κ2) is 8.66. The maximum atomic E-state index is 3.82. The van der Waals surface area contributed by atoms with E-state index in [-0.39, 0.29) is 0 Å². The molecule has 1 rings (SSSR count). The summed E-state index contributed by atoms with van der Waals surface area (Å²) < 4.78 is 0. The van der Waals surface area contributed by atoms with Crippen LogP contribution in [0.1, 0.15) is 80.1 Å². The number of nitrogens with one attached hydrogen (secondary N) is 1. The van der Waals surface area contributed by atoms with Crippen molar-refractivity contribution in [3.8, 4) is 0 Å². The molecule has 3 unspecified atom stereocenters. The molecule has 21 heavy (non-hydrogen) atoms. The Bertz CT molecular complexity index is 353. The van der Waals surface area contributed by atoms with Gasteiger partial charge in [-0.15, -0.1) is 0 Å².